The maximum absolute atomic E-state index is 9.99. The van der Waals surface area contributed by atoms with Crippen LogP contribution in [0, 0.1) is 0 Å². The van der Waals surface area contributed by atoms with Gasteiger partial charge in [-0.15, -0.1) is 0 Å². The number of carbonyl (C=O) groups is 1. The van der Waals surface area contributed by atoms with E-state index in [0.29, 0.717) is 6.41 Å². The second kappa shape index (κ2) is 5.32. The van der Waals surface area contributed by atoms with E-state index in [1.165, 1.54) is 5.56 Å². The second-order valence-corrected chi connectivity index (χ2v) is 3.00. The van der Waals surface area contributed by atoms with Gasteiger partial charge in [0.25, 0.3) is 0 Å². The van der Waals surface area contributed by atoms with Crippen molar-refractivity contribution in [3.05, 3.63) is 35.9 Å². The molecular weight excluding hydrogens is 164 g/mol. The van der Waals surface area contributed by atoms with E-state index < -0.39 is 0 Å². The largest absolute Gasteiger partial charge is 0.294 e. The van der Waals surface area contributed by atoms with Gasteiger partial charge in [-0.25, -0.2) is 5.43 Å². The number of hydrogen-bond donors (Lipinski definition) is 2. The predicted molar refractivity (Wildman–Crippen MR) is 51.9 cm³/mol. The average Bonchev–Trinajstić information content (AvgIpc) is 2.16. The average molecular weight is 178 g/mol. The Labute approximate surface area is 78.1 Å². The van der Waals surface area contributed by atoms with Gasteiger partial charge >= 0.3 is 0 Å². The Hall–Kier alpha value is -1.35. The van der Waals surface area contributed by atoms with Crippen molar-refractivity contribution in [2.45, 2.75) is 19.4 Å². The minimum atomic E-state index is 0.243. The molecule has 13 heavy (non-hydrogen) atoms. The first-order chi connectivity index (χ1) is 6.33. The van der Waals surface area contributed by atoms with Gasteiger partial charge in [0, 0.05) is 6.04 Å². The Morgan fingerprint density at radius 3 is 2.69 bits per heavy atom. The van der Waals surface area contributed by atoms with Crippen LogP contribution in [0.5, 0.6) is 0 Å². The van der Waals surface area contributed by atoms with Crippen LogP contribution in [-0.2, 0) is 11.2 Å². The van der Waals surface area contributed by atoms with E-state index in [9.17, 15) is 4.79 Å². The van der Waals surface area contributed by atoms with Crippen molar-refractivity contribution in [1.29, 1.82) is 0 Å². The lowest BCUT2D eigenvalue weighted by Crippen LogP contribution is -2.39. The normalized spacial score (nSPS) is 12.1. The molecular formula is C10H14N2O. The zero-order valence-corrected chi connectivity index (χ0v) is 7.66. The molecule has 1 aromatic rings. The summed E-state index contributed by atoms with van der Waals surface area (Å²) in [5.41, 5.74) is 6.56. The topological polar surface area (TPSA) is 41.1 Å². The Kier molecular flexibility index (Phi) is 3.99. The van der Waals surface area contributed by atoms with Crippen molar-refractivity contribution in [3.8, 4) is 0 Å². The number of amides is 1. The highest BCUT2D eigenvalue weighted by Crippen LogP contribution is 2.01. The van der Waals surface area contributed by atoms with Gasteiger partial charge in [0.15, 0.2) is 0 Å². The van der Waals surface area contributed by atoms with Crippen LogP contribution in [0.1, 0.15) is 12.5 Å². The summed E-state index contributed by atoms with van der Waals surface area (Å²) in [6, 6.07) is 10.4. The van der Waals surface area contributed by atoms with E-state index in [-0.39, 0.29) is 6.04 Å². The van der Waals surface area contributed by atoms with E-state index in [4.69, 9.17) is 0 Å². The molecule has 0 spiro atoms. The Morgan fingerprint density at radius 1 is 1.38 bits per heavy atom. The molecule has 1 amide bonds. The maximum Gasteiger partial charge on any atom is 0.221 e. The molecule has 1 unspecified atom stereocenters. The summed E-state index contributed by atoms with van der Waals surface area (Å²) in [4.78, 5) is 9.99. The third-order valence-corrected chi connectivity index (χ3v) is 1.77. The van der Waals surface area contributed by atoms with Gasteiger partial charge in [-0.05, 0) is 18.9 Å². The summed E-state index contributed by atoms with van der Waals surface area (Å²) in [5.74, 6) is 0. The summed E-state index contributed by atoms with van der Waals surface area (Å²) in [5, 5.41) is 0. The van der Waals surface area contributed by atoms with Crippen molar-refractivity contribution in [2.75, 3.05) is 0 Å². The van der Waals surface area contributed by atoms with Gasteiger partial charge in [0.05, 0.1) is 0 Å². The van der Waals surface area contributed by atoms with Crippen molar-refractivity contribution in [2.24, 2.45) is 0 Å². The number of benzene rings is 1. The minimum absolute atomic E-state index is 0.243. The van der Waals surface area contributed by atoms with Crippen molar-refractivity contribution in [3.63, 3.8) is 0 Å². The first-order valence-electron chi connectivity index (χ1n) is 4.31. The standard InChI is InChI=1S/C10H14N2O/c1-9(12-11-8-13)7-10-5-3-2-4-6-10/h2-6,8-9,12H,7H2,1H3,(H,11,13). The first-order valence-corrected chi connectivity index (χ1v) is 4.31. The quantitative estimate of drug-likeness (QED) is 0.519. The summed E-state index contributed by atoms with van der Waals surface area (Å²) in [6.45, 7) is 2.02. The van der Waals surface area contributed by atoms with Crippen LogP contribution in [0.15, 0.2) is 30.3 Å². The van der Waals surface area contributed by atoms with Gasteiger partial charge in [-0.3, -0.25) is 10.2 Å². The summed E-state index contributed by atoms with van der Waals surface area (Å²) >= 11 is 0. The number of hydrazine groups is 1. The molecule has 0 bridgehead atoms. The van der Waals surface area contributed by atoms with Crippen molar-refractivity contribution >= 4 is 6.41 Å². The molecule has 3 nitrogen and oxygen atoms in total. The second-order valence-electron chi connectivity index (χ2n) is 3.00. The SMILES string of the molecule is CC(Cc1ccccc1)NNC=O. The lowest BCUT2D eigenvalue weighted by atomic mass is 10.1. The van der Waals surface area contributed by atoms with Crippen LogP contribution in [0.25, 0.3) is 0 Å². The molecule has 70 valence electrons. The van der Waals surface area contributed by atoms with Crippen LogP contribution in [0.2, 0.25) is 0 Å². The van der Waals surface area contributed by atoms with Crippen LogP contribution in [0.4, 0.5) is 0 Å². The van der Waals surface area contributed by atoms with E-state index in [1.54, 1.807) is 0 Å². The molecule has 1 aromatic carbocycles. The van der Waals surface area contributed by atoms with E-state index in [0.717, 1.165) is 6.42 Å². The molecule has 0 aliphatic heterocycles. The lowest BCUT2D eigenvalue weighted by molar-refractivity contribution is -0.110. The van der Waals surface area contributed by atoms with Crippen LogP contribution in [0.3, 0.4) is 0 Å². The molecule has 0 saturated carbocycles. The van der Waals surface area contributed by atoms with Gasteiger partial charge in [0.2, 0.25) is 6.41 Å². The summed E-state index contributed by atoms with van der Waals surface area (Å²) in [6.07, 6.45) is 1.54. The molecule has 0 saturated heterocycles. The number of hydrogen-bond acceptors (Lipinski definition) is 2. The van der Waals surface area contributed by atoms with Crippen molar-refractivity contribution in [1.82, 2.24) is 10.9 Å². The molecule has 0 aromatic heterocycles. The van der Waals surface area contributed by atoms with Gasteiger partial charge in [-0.2, -0.15) is 0 Å². The smallest absolute Gasteiger partial charge is 0.221 e. The number of nitrogens with one attached hydrogen (secondary N) is 2. The monoisotopic (exact) mass is 178 g/mol. The van der Waals surface area contributed by atoms with E-state index in [2.05, 4.69) is 23.0 Å². The number of carbonyl (C=O) groups excluding carboxylic acids is 1. The molecule has 0 aliphatic carbocycles. The highest BCUT2D eigenvalue weighted by molar-refractivity contribution is 5.44. The molecule has 0 fully saturated rings. The zero-order valence-electron chi connectivity index (χ0n) is 7.66. The Bertz CT molecular complexity index is 248. The Morgan fingerprint density at radius 2 is 2.08 bits per heavy atom. The molecule has 2 N–H and O–H groups in total. The predicted octanol–water partition coefficient (Wildman–Crippen LogP) is 0.868. The van der Waals surface area contributed by atoms with Gasteiger partial charge in [0.1, 0.15) is 0 Å². The summed E-state index contributed by atoms with van der Waals surface area (Å²) < 4.78 is 0. The lowest BCUT2D eigenvalue weighted by Gasteiger charge is -2.11. The fraction of sp³-hybridized carbons (Fsp3) is 0.300. The third-order valence-electron chi connectivity index (χ3n) is 1.77. The fourth-order valence-electron chi connectivity index (χ4n) is 1.19. The highest BCUT2D eigenvalue weighted by Gasteiger charge is 2.00. The van der Waals surface area contributed by atoms with E-state index >= 15 is 0 Å². The molecule has 0 radical (unpaired) electrons. The zero-order chi connectivity index (χ0) is 9.52. The third kappa shape index (κ3) is 3.71. The van der Waals surface area contributed by atoms with Crippen molar-refractivity contribution < 1.29 is 4.79 Å². The molecule has 1 rings (SSSR count). The maximum atomic E-state index is 9.99. The molecule has 3 heteroatoms. The fourth-order valence-corrected chi connectivity index (χ4v) is 1.19. The Balaban J connectivity index is 2.36. The van der Waals surface area contributed by atoms with Crippen LogP contribution < -0.4 is 10.9 Å². The minimum Gasteiger partial charge on any atom is -0.294 e. The molecule has 0 heterocycles. The number of rotatable bonds is 5. The van der Waals surface area contributed by atoms with Crippen LogP contribution >= 0.6 is 0 Å². The van der Waals surface area contributed by atoms with Gasteiger partial charge < -0.3 is 0 Å². The van der Waals surface area contributed by atoms with E-state index in [1.807, 2.05) is 25.1 Å². The van der Waals surface area contributed by atoms with Crippen LogP contribution in [-0.4, -0.2) is 12.5 Å². The van der Waals surface area contributed by atoms with Gasteiger partial charge in [-0.1, -0.05) is 30.3 Å². The highest BCUT2D eigenvalue weighted by atomic mass is 16.1. The molecule has 1 atom stereocenters. The molecule has 0 aliphatic rings. The first kappa shape index (κ1) is 9.74. The summed E-state index contributed by atoms with van der Waals surface area (Å²) in [7, 11) is 0.